The monoisotopic (exact) mass is 926 g/mol. The second-order valence-electron chi connectivity index (χ2n) is 13.2. The molecule has 0 spiro atoms. The normalized spacial score (nSPS) is 28.3. The third-order valence-corrected chi connectivity index (χ3v) is 14.0. The van der Waals surface area contributed by atoms with Gasteiger partial charge in [-0.15, -0.1) is 23.2 Å². The van der Waals surface area contributed by atoms with Gasteiger partial charge in [0.2, 0.25) is 11.8 Å². The maximum atomic E-state index is 14.6. The summed E-state index contributed by atoms with van der Waals surface area (Å²) in [6.45, 7) is 0. The van der Waals surface area contributed by atoms with Crippen molar-refractivity contribution < 1.29 is 59.8 Å². The molecule has 7 rings (SSSR count). The molecule has 19 heteroatoms. The largest absolute Gasteiger partial charge is 0.503 e. The van der Waals surface area contributed by atoms with Crippen molar-refractivity contribution in [3.8, 4) is 11.5 Å². The van der Waals surface area contributed by atoms with Crippen LogP contribution in [0.2, 0.25) is 0 Å². The van der Waals surface area contributed by atoms with Crippen LogP contribution in [0.4, 0.5) is 42.1 Å². The second kappa shape index (κ2) is 12.7. The van der Waals surface area contributed by atoms with Gasteiger partial charge < -0.3 is 9.84 Å². The number of phenolic OH excluding ortho intramolecular Hbond substituents is 1. The average molecular weight is 929 g/mol. The minimum absolute atomic E-state index is 0.0178. The molecular formula is C35H21Br2Cl2F7N2O6. The smallest absolute Gasteiger partial charge is 0.416 e. The summed E-state index contributed by atoms with van der Waals surface area (Å²) in [5.74, 6) is -11.1. The van der Waals surface area contributed by atoms with Gasteiger partial charge >= 0.3 is 12.4 Å². The first-order valence-corrected chi connectivity index (χ1v) is 18.1. The minimum atomic E-state index is -5.28. The molecule has 0 radical (unpaired) electrons. The highest BCUT2D eigenvalue weighted by atomic mass is 79.9. The third kappa shape index (κ3) is 5.42. The number of carbonyl (C=O) groups is 4. The van der Waals surface area contributed by atoms with Crippen molar-refractivity contribution in [3.63, 3.8) is 0 Å². The Morgan fingerprint density at radius 1 is 0.815 bits per heavy atom. The maximum absolute atomic E-state index is 14.6. The molecule has 0 bridgehead atoms. The van der Waals surface area contributed by atoms with Crippen LogP contribution in [0.15, 0.2) is 69.1 Å². The maximum Gasteiger partial charge on any atom is 0.416 e. The van der Waals surface area contributed by atoms with Crippen LogP contribution < -0.4 is 14.5 Å². The van der Waals surface area contributed by atoms with Gasteiger partial charge in [0.05, 0.1) is 45.9 Å². The average Bonchev–Trinajstić information content (AvgIpc) is 3.44. The van der Waals surface area contributed by atoms with Crippen molar-refractivity contribution in [3.05, 3.63) is 91.6 Å². The second-order valence-corrected chi connectivity index (χ2v) is 16.0. The molecule has 2 aliphatic carbocycles. The van der Waals surface area contributed by atoms with E-state index in [9.17, 15) is 55.0 Å². The molecule has 1 N–H and O–H groups in total. The predicted octanol–water partition coefficient (Wildman–Crippen LogP) is 8.87. The van der Waals surface area contributed by atoms with Gasteiger partial charge in [-0.2, -0.15) is 26.3 Å². The first-order chi connectivity index (χ1) is 25.1. The predicted molar refractivity (Wildman–Crippen MR) is 186 cm³/mol. The number of rotatable bonds is 4. The number of phenols is 1. The van der Waals surface area contributed by atoms with Gasteiger partial charge in [0, 0.05) is 10.4 Å². The van der Waals surface area contributed by atoms with Crippen LogP contribution in [0.25, 0.3) is 0 Å². The number of nitrogens with zero attached hydrogens (tertiary/aromatic N) is 2. The number of anilines is 2. The van der Waals surface area contributed by atoms with Gasteiger partial charge in [-0.3, -0.25) is 19.2 Å². The van der Waals surface area contributed by atoms with E-state index in [1.807, 2.05) is 0 Å². The molecule has 3 aromatic rings. The lowest BCUT2D eigenvalue weighted by Crippen LogP contribution is -2.60. The quantitative estimate of drug-likeness (QED) is 0.121. The Bertz CT molecular complexity index is 2190. The Labute approximate surface area is 327 Å². The van der Waals surface area contributed by atoms with Crippen LogP contribution >= 0.6 is 55.1 Å². The Morgan fingerprint density at radius 3 is 1.96 bits per heavy atom. The summed E-state index contributed by atoms with van der Waals surface area (Å²) < 4.78 is 102. The van der Waals surface area contributed by atoms with Gasteiger partial charge in [0.1, 0.15) is 5.82 Å². The number of ether oxygens (including phenoxy) is 1. The molecule has 4 amide bonds. The molecule has 2 aliphatic heterocycles. The molecule has 0 aromatic heterocycles. The number of amides is 4. The topological polar surface area (TPSA) is 104 Å². The Kier molecular flexibility index (Phi) is 9.06. The molecular weight excluding hydrogens is 908 g/mol. The van der Waals surface area contributed by atoms with Crippen LogP contribution in [-0.4, -0.2) is 45.6 Å². The summed E-state index contributed by atoms with van der Waals surface area (Å²) >= 11 is 21.3. The van der Waals surface area contributed by atoms with E-state index in [0.717, 1.165) is 24.3 Å². The summed E-state index contributed by atoms with van der Waals surface area (Å²) in [5.41, 5.74) is -4.27. The van der Waals surface area contributed by atoms with Gasteiger partial charge in [-0.25, -0.2) is 14.2 Å². The van der Waals surface area contributed by atoms with E-state index in [-0.39, 0.29) is 66.8 Å². The lowest BCUT2D eigenvalue weighted by Gasteiger charge is -2.51. The highest BCUT2D eigenvalue weighted by molar-refractivity contribution is 9.13. The number of methoxy groups -OCH3 is 1. The fourth-order valence-corrected chi connectivity index (χ4v) is 9.93. The van der Waals surface area contributed by atoms with Gasteiger partial charge in [0.25, 0.3) is 11.8 Å². The molecule has 2 heterocycles. The number of fused-ring (bicyclic) bond motifs is 4. The molecule has 4 aliphatic rings. The van der Waals surface area contributed by atoms with Crippen molar-refractivity contribution in [2.24, 2.45) is 17.8 Å². The lowest BCUT2D eigenvalue weighted by molar-refractivity contribution is -0.143. The van der Waals surface area contributed by atoms with Crippen LogP contribution in [-0.2, 0) is 31.5 Å². The van der Waals surface area contributed by atoms with Crippen LogP contribution in [0.1, 0.15) is 35.4 Å². The summed E-state index contributed by atoms with van der Waals surface area (Å²) in [4.78, 5) is 53.4. The number of imide groups is 2. The number of alkyl halides is 8. The first kappa shape index (κ1) is 38.6. The Hall–Kier alpha value is -3.67. The van der Waals surface area contributed by atoms with Crippen molar-refractivity contribution in [2.45, 2.75) is 40.9 Å². The van der Waals surface area contributed by atoms with Crippen molar-refractivity contribution in [1.29, 1.82) is 0 Å². The number of benzene rings is 3. The lowest BCUT2D eigenvalue weighted by atomic mass is 9.56. The zero-order valence-electron chi connectivity index (χ0n) is 27.0. The summed E-state index contributed by atoms with van der Waals surface area (Å²) in [7, 11) is 1.23. The number of allylic oxidation sites excluding steroid dienone is 2. The highest BCUT2D eigenvalue weighted by Crippen LogP contribution is 2.67. The molecule has 1 saturated carbocycles. The van der Waals surface area contributed by atoms with E-state index < -0.39 is 98.5 Å². The molecule has 0 unspecified atom stereocenters. The van der Waals surface area contributed by atoms with Gasteiger partial charge in [0.15, 0.2) is 21.2 Å². The minimum Gasteiger partial charge on any atom is -0.503 e. The van der Waals surface area contributed by atoms with E-state index in [4.69, 9.17) is 27.9 Å². The molecule has 284 valence electrons. The van der Waals surface area contributed by atoms with E-state index >= 15 is 0 Å². The van der Waals surface area contributed by atoms with Gasteiger partial charge in [-0.05, 0) is 105 Å². The van der Waals surface area contributed by atoms with Crippen molar-refractivity contribution in [1.82, 2.24) is 0 Å². The Morgan fingerprint density at radius 2 is 1.41 bits per heavy atom. The molecule has 3 fully saturated rings. The van der Waals surface area contributed by atoms with Crippen LogP contribution in [0, 0.1) is 23.6 Å². The molecule has 3 aromatic carbocycles. The fraction of sp³-hybridized carbons (Fsp3) is 0.314. The number of aromatic hydroxyl groups is 1. The van der Waals surface area contributed by atoms with Gasteiger partial charge in [-0.1, -0.05) is 11.6 Å². The number of hydrogen-bond acceptors (Lipinski definition) is 6. The summed E-state index contributed by atoms with van der Waals surface area (Å²) in [6, 6.07) is 5.95. The van der Waals surface area contributed by atoms with E-state index in [1.165, 1.54) is 19.3 Å². The van der Waals surface area contributed by atoms with E-state index in [0.29, 0.717) is 4.90 Å². The van der Waals surface area contributed by atoms with Crippen molar-refractivity contribution in [2.75, 3.05) is 16.9 Å². The zero-order chi connectivity index (χ0) is 39.6. The fourth-order valence-electron chi connectivity index (χ4n) is 8.04. The third-order valence-electron chi connectivity index (χ3n) is 10.4. The number of carbonyl (C=O) groups excluding carboxylic acids is 4. The van der Waals surface area contributed by atoms with E-state index in [1.54, 1.807) is 0 Å². The molecule has 54 heavy (non-hydrogen) atoms. The van der Waals surface area contributed by atoms with Crippen LogP contribution in [0.5, 0.6) is 11.5 Å². The summed E-state index contributed by atoms with van der Waals surface area (Å²) in [6.07, 6.45) is -9.96. The molecule has 6 atom stereocenters. The molecule has 8 nitrogen and oxygen atoms in total. The Balaban J connectivity index is 1.42. The van der Waals surface area contributed by atoms with Crippen molar-refractivity contribution >= 4 is 90.1 Å². The number of hydrogen-bond donors (Lipinski definition) is 1. The molecule has 2 saturated heterocycles. The highest BCUT2D eigenvalue weighted by Gasteiger charge is 2.77. The van der Waals surface area contributed by atoms with Crippen LogP contribution in [0.3, 0.4) is 0 Å². The standard InChI is InChI=1S/C35H21Br2Cl2F7N2O6/c1-54-22-11-20(25(36)26(37)27(22)49)24-18-6-7-19-23(29(51)47(28(19)50)17-9-13(34(41,42)43)8-14(10-17)35(44,45)46)21(18)12-32(38)30(52)48(31(53)33(24,32)39)16-4-2-15(40)3-5-16/h2-6,8-11,19,21,23-24,49H,7,12H2,1H3/t19-,21+,23-,24+,32+,33-/m0/s1. The zero-order valence-corrected chi connectivity index (χ0v) is 31.6. The van der Waals surface area contributed by atoms with E-state index in [2.05, 4.69) is 31.9 Å². The first-order valence-electron chi connectivity index (χ1n) is 15.7. The number of halogens is 11. The summed E-state index contributed by atoms with van der Waals surface area (Å²) in [5, 5.41) is 10.7. The SMILES string of the molecule is COc1cc([C@H]2C3=CC[C@@H]4C(=O)N(c5cc(C(F)(F)F)cc(C(F)(F)F)c5)C(=O)[C@@H]4[C@@H]3C[C@@]3(Cl)C(=O)N(c4ccc(F)cc4)C(=O)[C@@]23Cl)c(Br)c(Br)c1O.